The van der Waals surface area contributed by atoms with E-state index in [-0.39, 0.29) is 5.41 Å². The molecule has 1 aromatic heterocycles. The Morgan fingerprint density at radius 3 is 1.67 bits per heavy atom. The average molecular weight is 959 g/mol. The molecule has 0 spiro atoms. The number of benzene rings is 11. The number of hydrogen-bond donors (Lipinski definition) is 0. The molecule has 0 atom stereocenters. The Morgan fingerprint density at radius 1 is 0.400 bits per heavy atom. The second-order valence-electron chi connectivity index (χ2n) is 20.2. The predicted molar refractivity (Wildman–Crippen MR) is 321 cm³/mol. The molecule has 1 aliphatic carbocycles. The quantitative estimate of drug-likeness (QED) is 0.117. The van der Waals surface area contributed by atoms with E-state index in [1.54, 1.807) is 0 Å². The lowest BCUT2D eigenvalue weighted by Gasteiger charge is -2.28. The van der Waals surface area contributed by atoms with Gasteiger partial charge in [0.15, 0.2) is 0 Å². The van der Waals surface area contributed by atoms with Crippen LogP contribution >= 0.6 is 0 Å². The molecular weight excluding hydrogens is 905 g/mol. The van der Waals surface area contributed by atoms with Crippen LogP contribution in [0.2, 0.25) is 0 Å². The van der Waals surface area contributed by atoms with Crippen molar-refractivity contribution in [2.45, 2.75) is 19.3 Å². The highest BCUT2D eigenvalue weighted by atomic mass is 15.1. The molecule has 0 fully saturated rings. The standard InChI is InChI=1S/C73H54N2/c1-5-17-49(6-2)51-32-38-58(39-33-51)74(60-42-45-65-64-24-12-14-26-68(64)73(3,4)69(65)48-60)59-40-34-53(35-41-59)52-28-30-55(31-29-52)63-23-13-15-27-70(63)75-71-46-56(50-18-8-7-9-19-50)36-43-66(71)67-44-37-57(47-72(67)75)62-25-16-21-54-20-10-11-22-61(54)62/h5-48H,1-2H2,3-4H3/b49-17+. The molecule has 11 aromatic carbocycles. The molecule has 1 aliphatic rings. The van der Waals surface area contributed by atoms with Gasteiger partial charge in [-0.05, 0) is 138 Å². The molecule has 2 heteroatoms. The molecule has 0 radical (unpaired) electrons. The van der Waals surface area contributed by atoms with Gasteiger partial charge in [-0.1, -0.05) is 239 Å². The van der Waals surface area contributed by atoms with Crippen LogP contribution in [-0.2, 0) is 5.41 Å². The van der Waals surface area contributed by atoms with Gasteiger partial charge >= 0.3 is 0 Å². The highest BCUT2D eigenvalue weighted by Gasteiger charge is 2.35. The summed E-state index contributed by atoms with van der Waals surface area (Å²) in [4.78, 5) is 2.38. The molecule has 0 saturated carbocycles. The van der Waals surface area contributed by atoms with Crippen molar-refractivity contribution in [3.8, 4) is 61.3 Å². The summed E-state index contributed by atoms with van der Waals surface area (Å²) in [5, 5.41) is 4.94. The minimum absolute atomic E-state index is 0.126. The third-order valence-corrected chi connectivity index (χ3v) is 15.6. The summed E-state index contributed by atoms with van der Waals surface area (Å²) in [6.45, 7) is 12.7. The first-order chi connectivity index (χ1) is 36.9. The number of aromatic nitrogens is 1. The molecule has 0 bridgehead atoms. The van der Waals surface area contributed by atoms with Crippen molar-refractivity contribution in [2.24, 2.45) is 0 Å². The van der Waals surface area contributed by atoms with E-state index < -0.39 is 0 Å². The average Bonchev–Trinajstić information content (AvgIpc) is 3.94. The van der Waals surface area contributed by atoms with Crippen molar-refractivity contribution in [1.82, 2.24) is 4.57 Å². The minimum Gasteiger partial charge on any atom is -0.310 e. The second-order valence-corrected chi connectivity index (χ2v) is 20.2. The Bertz CT molecular complexity index is 4200. The lowest BCUT2D eigenvalue weighted by Crippen LogP contribution is -2.16. The Labute approximate surface area is 439 Å². The fourth-order valence-corrected chi connectivity index (χ4v) is 11.8. The minimum atomic E-state index is -0.126. The summed E-state index contributed by atoms with van der Waals surface area (Å²) in [5.74, 6) is 0. The van der Waals surface area contributed by atoms with Crippen LogP contribution in [0.5, 0.6) is 0 Å². The molecule has 356 valence electrons. The molecule has 2 nitrogen and oxygen atoms in total. The van der Waals surface area contributed by atoms with E-state index in [4.69, 9.17) is 0 Å². The summed E-state index contributed by atoms with van der Waals surface area (Å²) in [5.41, 5.74) is 23.6. The van der Waals surface area contributed by atoms with Crippen molar-refractivity contribution < 1.29 is 0 Å². The summed E-state index contributed by atoms with van der Waals surface area (Å²) in [6.07, 6.45) is 5.70. The van der Waals surface area contributed by atoms with Gasteiger partial charge in [0.1, 0.15) is 0 Å². The van der Waals surface area contributed by atoms with E-state index in [1.807, 2.05) is 18.2 Å². The zero-order chi connectivity index (χ0) is 50.6. The van der Waals surface area contributed by atoms with Crippen LogP contribution in [0, 0.1) is 0 Å². The molecule has 0 N–H and O–H groups in total. The van der Waals surface area contributed by atoms with Crippen molar-refractivity contribution in [3.63, 3.8) is 0 Å². The predicted octanol–water partition coefficient (Wildman–Crippen LogP) is 20.1. The third-order valence-electron chi connectivity index (χ3n) is 15.6. The zero-order valence-corrected chi connectivity index (χ0v) is 42.2. The number of anilines is 3. The molecule has 0 saturated heterocycles. The molecule has 1 heterocycles. The van der Waals surface area contributed by atoms with Gasteiger partial charge in [-0.25, -0.2) is 0 Å². The first-order valence-electron chi connectivity index (χ1n) is 25.9. The van der Waals surface area contributed by atoms with E-state index >= 15 is 0 Å². The van der Waals surface area contributed by atoms with E-state index in [1.165, 1.54) is 82.6 Å². The van der Waals surface area contributed by atoms with Crippen LogP contribution in [-0.4, -0.2) is 4.57 Å². The maximum atomic E-state index is 4.06. The van der Waals surface area contributed by atoms with Gasteiger partial charge in [-0.3, -0.25) is 0 Å². The lowest BCUT2D eigenvalue weighted by atomic mass is 9.82. The molecule has 13 rings (SSSR count). The molecule has 0 unspecified atom stereocenters. The van der Waals surface area contributed by atoms with E-state index in [9.17, 15) is 0 Å². The Balaban J connectivity index is 0.883. The fourth-order valence-electron chi connectivity index (χ4n) is 11.8. The highest BCUT2D eigenvalue weighted by Crippen LogP contribution is 2.51. The van der Waals surface area contributed by atoms with Gasteiger partial charge < -0.3 is 9.47 Å². The van der Waals surface area contributed by atoms with Crippen LogP contribution in [0.25, 0.3) is 99.5 Å². The molecule has 12 aromatic rings. The van der Waals surface area contributed by atoms with E-state index in [0.29, 0.717) is 0 Å². The molecule has 0 aliphatic heterocycles. The molecule has 75 heavy (non-hydrogen) atoms. The summed E-state index contributed by atoms with van der Waals surface area (Å²) < 4.78 is 2.49. The van der Waals surface area contributed by atoms with Crippen molar-refractivity contribution in [3.05, 3.63) is 297 Å². The van der Waals surface area contributed by atoms with E-state index in [0.717, 1.165) is 50.6 Å². The number of nitrogens with zero attached hydrogens (tertiary/aromatic N) is 2. The Hall–Kier alpha value is -9.50. The van der Waals surface area contributed by atoms with Gasteiger partial charge in [0.25, 0.3) is 0 Å². The number of hydrogen-bond acceptors (Lipinski definition) is 1. The second kappa shape index (κ2) is 18.5. The Morgan fingerprint density at radius 2 is 0.933 bits per heavy atom. The maximum Gasteiger partial charge on any atom is 0.0547 e. The third kappa shape index (κ3) is 7.82. The van der Waals surface area contributed by atoms with Gasteiger partial charge in [0.2, 0.25) is 0 Å². The van der Waals surface area contributed by atoms with Crippen LogP contribution in [0.4, 0.5) is 17.1 Å². The number of fused-ring (bicyclic) bond motifs is 7. The fraction of sp³-hybridized carbons (Fsp3) is 0.0411. The maximum absolute atomic E-state index is 4.06. The summed E-state index contributed by atoms with van der Waals surface area (Å²) in [6, 6.07) is 91.5. The van der Waals surface area contributed by atoms with Gasteiger partial charge in [-0.15, -0.1) is 0 Å². The summed E-state index contributed by atoms with van der Waals surface area (Å²) in [7, 11) is 0. The number of rotatable bonds is 11. The van der Waals surface area contributed by atoms with Crippen molar-refractivity contribution in [2.75, 3.05) is 4.90 Å². The lowest BCUT2D eigenvalue weighted by molar-refractivity contribution is 0.660. The largest absolute Gasteiger partial charge is 0.310 e. The van der Waals surface area contributed by atoms with Gasteiger partial charge in [0, 0.05) is 38.8 Å². The zero-order valence-electron chi connectivity index (χ0n) is 42.2. The van der Waals surface area contributed by atoms with Gasteiger partial charge in [-0.2, -0.15) is 0 Å². The van der Waals surface area contributed by atoms with Gasteiger partial charge in [0.05, 0.1) is 16.7 Å². The van der Waals surface area contributed by atoms with Crippen LogP contribution in [0.3, 0.4) is 0 Å². The Kier molecular flexibility index (Phi) is 11.2. The normalized spacial score (nSPS) is 12.7. The molecule has 0 amide bonds. The van der Waals surface area contributed by atoms with Crippen LogP contribution in [0.1, 0.15) is 30.5 Å². The number of para-hydroxylation sites is 1. The smallest absolute Gasteiger partial charge is 0.0547 e. The highest BCUT2D eigenvalue weighted by molar-refractivity contribution is 6.12. The monoisotopic (exact) mass is 958 g/mol. The first kappa shape index (κ1) is 45.4. The van der Waals surface area contributed by atoms with E-state index in [2.05, 4.69) is 285 Å². The van der Waals surface area contributed by atoms with Crippen molar-refractivity contribution in [1.29, 1.82) is 0 Å². The van der Waals surface area contributed by atoms with Crippen LogP contribution in [0.15, 0.2) is 280 Å². The first-order valence-corrected chi connectivity index (χ1v) is 25.9. The van der Waals surface area contributed by atoms with Crippen LogP contribution < -0.4 is 4.90 Å². The molecular formula is C73H54N2. The number of allylic oxidation sites excluding steroid dienone is 4. The topological polar surface area (TPSA) is 8.17 Å². The summed E-state index contributed by atoms with van der Waals surface area (Å²) >= 11 is 0. The van der Waals surface area contributed by atoms with Crippen molar-refractivity contribution >= 4 is 55.2 Å². The SMILES string of the molecule is C=C/C=C(\C=C)c1ccc(N(c2ccc(-c3ccc(-c4ccccc4-n4c5cc(-c6ccccc6)ccc5c5ccc(-c6cccc7ccccc67)cc54)cc3)cc2)c2ccc3c(c2)C(C)(C)c2ccccc2-3)cc1.